The van der Waals surface area contributed by atoms with Gasteiger partial charge in [-0.25, -0.2) is 4.79 Å². The number of benzene rings is 3. The zero-order chi connectivity index (χ0) is 19.8. The lowest BCUT2D eigenvalue weighted by Gasteiger charge is -2.16. The van der Waals surface area contributed by atoms with Gasteiger partial charge in [0.1, 0.15) is 0 Å². The third kappa shape index (κ3) is 2.96. The summed E-state index contributed by atoms with van der Waals surface area (Å²) in [6.07, 6.45) is 0. The number of nitrogens with one attached hydrogen (secondary N) is 1. The summed E-state index contributed by atoms with van der Waals surface area (Å²) >= 11 is 5.86. The number of aliphatic carboxylic acids is 1. The van der Waals surface area contributed by atoms with E-state index in [1.807, 2.05) is 0 Å². The van der Waals surface area contributed by atoms with Crippen LogP contribution in [0.4, 0.5) is 0 Å². The van der Waals surface area contributed by atoms with Crippen LogP contribution in [0.2, 0.25) is 5.02 Å². The summed E-state index contributed by atoms with van der Waals surface area (Å²) in [5.41, 5.74) is 2.83. The molecule has 28 heavy (non-hydrogen) atoms. The highest BCUT2D eigenvalue weighted by atomic mass is 35.5. The topological polar surface area (TPSA) is 83.5 Å². The molecule has 0 fully saturated rings. The van der Waals surface area contributed by atoms with Crippen LogP contribution in [0.3, 0.4) is 0 Å². The molecule has 0 bridgehead atoms. The van der Waals surface area contributed by atoms with Gasteiger partial charge in [-0.15, -0.1) is 0 Å². The van der Waals surface area contributed by atoms with E-state index in [0.29, 0.717) is 32.8 Å². The Bertz CT molecular complexity index is 1120. The summed E-state index contributed by atoms with van der Waals surface area (Å²) in [6.45, 7) is 0. The Balaban J connectivity index is 1.73. The number of carboxylic acids is 1. The average molecular weight is 392 g/mol. The number of rotatable bonds is 4. The van der Waals surface area contributed by atoms with Crippen molar-refractivity contribution in [1.82, 2.24) is 5.32 Å². The van der Waals surface area contributed by atoms with E-state index in [-0.39, 0.29) is 11.3 Å². The van der Waals surface area contributed by atoms with E-state index in [4.69, 9.17) is 11.6 Å². The number of hydrogen-bond acceptors (Lipinski definition) is 3. The maximum absolute atomic E-state index is 13.0. The second-order valence-electron chi connectivity index (χ2n) is 6.40. The molecular weight excluding hydrogens is 378 g/mol. The van der Waals surface area contributed by atoms with Crippen LogP contribution in [0.15, 0.2) is 66.7 Å². The summed E-state index contributed by atoms with van der Waals surface area (Å²) < 4.78 is 0. The van der Waals surface area contributed by atoms with Gasteiger partial charge in [0, 0.05) is 27.3 Å². The minimum atomic E-state index is -1.24. The van der Waals surface area contributed by atoms with Gasteiger partial charge < -0.3 is 10.4 Å². The van der Waals surface area contributed by atoms with E-state index in [2.05, 4.69) is 5.32 Å². The van der Waals surface area contributed by atoms with Crippen LogP contribution in [0.5, 0.6) is 0 Å². The average Bonchev–Trinajstić information content (AvgIpc) is 2.99. The molecule has 1 aliphatic rings. The van der Waals surface area contributed by atoms with Crippen molar-refractivity contribution in [2.24, 2.45) is 0 Å². The number of carboxylic acid groups (broad SMARTS) is 1. The van der Waals surface area contributed by atoms with Gasteiger partial charge in [-0.2, -0.15) is 0 Å². The molecule has 1 amide bonds. The van der Waals surface area contributed by atoms with Crippen molar-refractivity contribution in [2.75, 3.05) is 0 Å². The van der Waals surface area contributed by atoms with Crippen molar-refractivity contribution in [3.05, 3.63) is 94.0 Å². The first-order chi connectivity index (χ1) is 13.5. The van der Waals surface area contributed by atoms with E-state index in [1.165, 1.54) is 0 Å². The van der Waals surface area contributed by atoms with Crippen LogP contribution in [-0.4, -0.2) is 22.8 Å². The second-order valence-corrected chi connectivity index (χ2v) is 6.84. The normalized spacial score (nSPS) is 12.8. The first-order valence-corrected chi connectivity index (χ1v) is 8.91. The molecule has 0 heterocycles. The Labute approximate surface area is 165 Å². The van der Waals surface area contributed by atoms with Crippen LogP contribution < -0.4 is 5.32 Å². The van der Waals surface area contributed by atoms with E-state index in [1.54, 1.807) is 66.7 Å². The summed E-state index contributed by atoms with van der Waals surface area (Å²) in [7, 11) is 0. The van der Waals surface area contributed by atoms with Crippen LogP contribution in [0.25, 0.3) is 11.1 Å². The summed E-state index contributed by atoms with van der Waals surface area (Å²) in [6, 6.07) is 16.9. The molecule has 138 valence electrons. The monoisotopic (exact) mass is 391 g/mol. The highest BCUT2D eigenvalue weighted by molar-refractivity contribution is 6.30. The Morgan fingerprint density at radius 1 is 0.857 bits per heavy atom. The van der Waals surface area contributed by atoms with Gasteiger partial charge in [0.25, 0.3) is 5.91 Å². The van der Waals surface area contributed by atoms with Crippen molar-refractivity contribution in [3.63, 3.8) is 0 Å². The van der Waals surface area contributed by atoms with Crippen LogP contribution >= 0.6 is 11.6 Å². The Morgan fingerprint density at radius 3 is 2.18 bits per heavy atom. The van der Waals surface area contributed by atoms with Gasteiger partial charge in [0.05, 0.1) is 0 Å². The molecular formula is C22H14ClNO4. The molecule has 3 aromatic carbocycles. The highest BCUT2D eigenvalue weighted by Gasteiger charge is 2.31. The SMILES string of the molecule is O=C(NC(C(=O)O)c1ccc(Cl)cc1)c1cccc2c1-c1ccccc1C2=O. The molecule has 1 unspecified atom stereocenters. The fraction of sp³-hybridized carbons (Fsp3) is 0.0455. The number of hydrogen-bond donors (Lipinski definition) is 2. The minimum Gasteiger partial charge on any atom is -0.479 e. The van der Waals surface area contributed by atoms with Crippen LogP contribution in [0, 0.1) is 0 Å². The lowest BCUT2D eigenvalue weighted by Crippen LogP contribution is -2.34. The van der Waals surface area contributed by atoms with Gasteiger partial charge in [-0.1, -0.05) is 60.1 Å². The van der Waals surface area contributed by atoms with E-state index >= 15 is 0 Å². The number of carbonyl (C=O) groups excluding carboxylic acids is 2. The maximum atomic E-state index is 13.0. The van der Waals surface area contributed by atoms with E-state index in [9.17, 15) is 19.5 Å². The molecule has 5 nitrogen and oxygen atoms in total. The first kappa shape index (κ1) is 17.9. The quantitative estimate of drug-likeness (QED) is 0.548. The molecule has 1 atom stereocenters. The van der Waals surface area contributed by atoms with Crippen molar-refractivity contribution in [3.8, 4) is 11.1 Å². The van der Waals surface area contributed by atoms with Crippen molar-refractivity contribution in [2.45, 2.75) is 6.04 Å². The summed E-state index contributed by atoms with van der Waals surface area (Å²) in [5, 5.41) is 12.6. The Morgan fingerprint density at radius 2 is 1.50 bits per heavy atom. The number of amides is 1. The predicted molar refractivity (Wildman–Crippen MR) is 105 cm³/mol. The predicted octanol–water partition coefficient (Wildman–Crippen LogP) is 4.11. The molecule has 0 spiro atoms. The van der Waals surface area contributed by atoms with Gasteiger partial charge >= 0.3 is 5.97 Å². The van der Waals surface area contributed by atoms with Crippen molar-refractivity contribution in [1.29, 1.82) is 0 Å². The first-order valence-electron chi connectivity index (χ1n) is 8.53. The van der Waals surface area contributed by atoms with Gasteiger partial charge in [-0.3, -0.25) is 9.59 Å². The van der Waals surface area contributed by atoms with Crippen LogP contribution in [-0.2, 0) is 4.79 Å². The van der Waals surface area contributed by atoms with Gasteiger partial charge in [0.2, 0.25) is 0 Å². The number of ketones is 1. The minimum absolute atomic E-state index is 0.146. The molecule has 0 radical (unpaired) electrons. The Hall–Kier alpha value is -3.44. The third-order valence-corrected chi connectivity index (χ3v) is 4.97. The number of fused-ring (bicyclic) bond motifs is 3. The summed E-state index contributed by atoms with van der Waals surface area (Å²) in [4.78, 5) is 37.3. The Kier molecular flexibility index (Phi) is 4.45. The third-order valence-electron chi connectivity index (χ3n) is 4.72. The highest BCUT2D eigenvalue weighted by Crippen LogP contribution is 2.38. The fourth-order valence-electron chi connectivity index (χ4n) is 3.42. The fourth-order valence-corrected chi connectivity index (χ4v) is 3.54. The number of carbonyl (C=O) groups is 3. The summed E-state index contributed by atoms with van der Waals surface area (Å²) in [5.74, 6) is -1.91. The van der Waals surface area contributed by atoms with E-state index < -0.39 is 17.9 Å². The number of halogens is 1. The molecule has 6 heteroatoms. The molecule has 0 aromatic heterocycles. The zero-order valence-corrected chi connectivity index (χ0v) is 15.2. The van der Waals surface area contributed by atoms with Crippen LogP contribution in [0.1, 0.15) is 37.9 Å². The molecule has 0 saturated carbocycles. The smallest absolute Gasteiger partial charge is 0.330 e. The zero-order valence-electron chi connectivity index (χ0n) is 14.5. The van der Waals surface area contributed by atoms with Crippen molar-refractivity contribution >= 4 is 29.3 Å². The molecule has 0 aliphatic heterocycles. The lowest BCUT2D eigenvalue weighted by atomic mass is 9.98. The lowest BCUT2D eigenvalue weighted by molar-refractivity contribution is -0.139. The van der Waals surface area contributed by atoms with E-state index in [0.717, 1.165) is 0 Å². The van der Waals surface area contributed by atoms with Crippen molar-refractivity contribution < 1.29 is 19.5 Å². The molecule has 1 aliphatic carbocycles. The van der Waals surface area contributed by atoms with Gasteiger partial charge in [0.15, 0.2) is 11.8 Å². The van der Waals surface area contributed by atoms with Gasteiger partial charge in [-0.05, 0) is 29.3 Å². The second kappa shape index (κ2) is 6.94. The molecule has 3 aromatic rings. The largest absolute Gasteiger partial charge is 0.479 e. The molecule has 2 N–H and O–H groups in total. The maximum Gasteiger partial charge on any atom is 0.330 e. The molecule has 4 rings (SSSR count). The standard InChI is InChI=1S/C22H14ClNO4/c23-13-10-8-12(9-11-13)19(22(27)28)24-21(26)17-7-3-6-16-18(17)14-4-1-2-5-15(14)20(16)25/h1-11,19H,(H,24,26)(H,27,28). The molecule has 0 saturated heterocycles.